The largest absolute Gasteiger partial charge is 0.497 e. The van der Waals surface area contributed by atoms with Crippen molar-refractivity contribution in [2.45, 2.75) is 25.9 Å². The molecule has 3 rings (SSSR count). The molecule has 0 radical (unpaired) electrons. The minimum atomic E-state index is -0.756. The Bertz CT molecular complexity index is 981. The number of nitrogens with zero attached hydrogens (tertiary/aromatic N) is 1. The minimum absolute atomic E-state index is 0.0250. The molecule has 8 heteroatoms. The fraction of sp³-hybridized carbons (Fsp3) is 0.238. The first-order chi connectivity index (χ1) is 13.9. The SMILES string of the molecule is COc1ccc(COC(=O)C2=C(C)NC(=O)C[C@H]2c2ccccc2[N+](=O)[O-])cc1. The van der Waals surface area contributed by atoms with E-state index in [0.717, 1.165) is 5.56 Å². The van der Waals surface area contributed by atoms with Crippen molar-refractivity contribution in [1.82, 2.24) is 5.32 Å². The number of esters is 1. The van der Waals surface area contributed by atoms with Gasteiger partial charge >= 0.3 is 5.97 Å². The number of hydrogen-bond donors (Lipinski definition) is 1. The van der Waals surface area contributed by atoms with E-state index in [1.807, 2.05) is 0 Å². The van der Waals surface area contributed by atoms with Gasteiger partial charge in [-0.1, -0.05) is 30.3 Å². The van der Waals surface area contributed by atoms with Crippen LogP contribution in [-0.2, 0) is 20.9 Å². The fourth-order valence-electron chi connectivity index (χ4n) is 3.33. The Balaban J connectivity index is 1.87. The molecule has 0 unspecified atom stereocenters. The number of carbonyl (C=O) groups excluding carboxylic acids is 2. The average molecular weight is 396 g/mol. The normalized spacial score (nSPS) is 16.2. The van der Waals surface area contributed by atoms with Crippen molar-refractivity contribution in [2.75, 3.05) is 7.11 Å². The van der Waals surface area contributed by atoms with Crippen molar-refractivity contribution in [2.24, 2.45) is 0 Å². The first-order valence-electron chi connectivity index (χ1n) is 8.94. The summed E-state index contributed by atoms with van der Waals surface area (Å²) in [6, 6.07) is 13.2. The van der Waals surface area contributed by atoms with E-state index in [0.29, 0.717) is 17.0 Å². The summed E-state index contributed by atoms with van der Waals surface area (Å²) in [5.74, 6) is -1.00. The Morgan fingerprint density at radius 2 is 1.90 bits per heavy atom. The quantitative estimate of drug-likeness (QED) is 0.456. The molecule has 1 atom stereocenters. The molecule has 1 N–H and O–H groups in total. The second-order valence-corrected chi connectivity index (χ2v) is 6.58. The highest BCUT2D eigenvalue weighted by molar-refractivity contribution is 5.96. The minimum Gasteiger partial charge on any atom is -0.497 e. The number of para-hydroxylation sites is 1. The van der Waals surface area contributed by atoms with E-state index >= 15 is 0 Å². The highest BCUT2D eigenvalue weighted by atomic mass is 16.6. The van der Waals surface area contributed by atoms with E-state index in [4.69, 9.17) is 9.47 Å². The van der Waals surface area contributed by atoms with Gasteiger partial charge in [-0.05, 0) is 24.6 Å². The number of carbonyl (C=O) groups is 2. The second-order valence-electron chi connectivity index (χ2n) is 6.58. The number of benzene rings is 2. The summed E-state index contributed by atoms with van der Waals surface area (Å²) in [5, 5.41) is 14.1. The Morgan fingerprint density at radius 1 is 1.21 bits per heavy atom. The molecule has 1 aliphatic heterocycles. The molecule has 0 aromatic heterocycles. The van der Waals surface area contributed by atoms with Gasteiger partial charge in [0.1, 0.15) is 12.4 Å². The molecular formula is C21H20N2O6. The van der Waals surface area contributed by atoms with Crippen molar-refractivity contribution >= 4 is 17.6 Å². The third-order valence-electron chi connectivity index (χ3n) is 4.73. The summed E-state index contributed by atoms with van der Waals surface area (Å²) >= 11 is 0. The zero-order chi connectivity index (χ0) is 21.0. The monoisotopic (exact) mass is 396 g/mol. The van der Waals surface area contributed by atoms with Gasteiger partial charge in [-0.15, -0.1) is 0 Å². The topological polar surface area (TPSA) is 108 Å². The molecule has 29 heavy (non-hydrogen) atoms. The van der Waals surface area contributed by atoms with Gasteiger partial charge in [-0.25, -0.2) is 4.79 Å². The highest BCUT2D eigenvalue weighted by Gasteiger charge is 2.36. The number of ether oxygens (including phenoxy) is 2. The molecular weight excluding hydrogens is 376 g/mol. The van der Waals surface area contributed by atoms with Crippen molar-refractivity contribution in [3.63, 3.8) is 0 Å². The zero-order valence-electron chi connectivity index (χ0n) is 16.0. The fourth-order valence-corrected chi connectivity index (χ4v) is 3.33. The molecule has 1 aliphatic rings. The van der Waals surface area contributed by atoms with E-state index in [1.54, 1.807) is 56.5 Å². The van der Waals surface area contributed by atoms with Crippen LogP contribution in [0, 0.1) is 10.1 Å². The summed E-state index contributed by atoms with van der Waals surface area (Å²) in [6.45, 7) is 1.61. The van der Waals surface area contributed by atoms with Crippen LogP contribution < -0.4 is 10.1 Å². The lowest BCUT2D eigenvalue weighted by molar-refractivity contribution is -0.385. The molecule has 0 fully saturated rings. The van der Waals surface area contributed by atoms with Crippen molar-refractivity contribution in [1.29, 1.82) is 0 Å². The lowest BCUT2D eigenvalue weighted by atomic mass is 9.83. The Morgan fingerprint density at radius 3 is 2.55 bits per heavy atom. The molecule has 0 spiro atoms. The number of hydrogen-bond acceptors (Lipinski definition) is 6. The lowest BCUT2D eigenvalue weighted by Gasteiger charge is -2.26. The standard InChI is InChI=1S/C21H20N2O6/c1-13-20(21(25)29-12-14-7-9-15(28-2)10-8-14)17(11-19(24)22-13)16-5-3-4-6-18(16)23(26)27/h3-10,17H,11-12H2,1-2H3,(H,22,24)/t17-/m0/s1. The van der Waals surface area contributed by atoms with Crippen LogP contribution >= 0.6 is 0 Å². The predicted molar refractivity (Wildman–Crippen MR) is 104 cm³/mol. The molecule has 2 aromatic carbocycles. The van der Waals surface area contributed by atoms with Gasteiger partial charge in [-0.3, -0.25) is 14.9 Å². The average Bonchev–Trinajstić information content (AvgIpc) is 2.71. The maximum atomic E-state index is 12.9. The molecule has 2 aromatic rings. The smallest absolute Gasteiger partial charge is 0.336 e. The van der Waals surface area contributed by atoms with Crippen LogP contribution in [0.4, 0.5) is 5.69 Å². The summed E-state index contributed by atoms with van der Waals surface area (Å²) in [7, 11) is 1.56. The van der Waals surface area contributed by atoms with Gasteiger partial charge in [0.15, 0.2) is 0 Å². The van der Waals surface area contributed by atoms with Crippen molar-refractivity contribution in [3.8, 4) is 5.75 Å². The van der Waals surface area contributed by atoms with Gasteiger partial charge in [0.2, 0.25) is 5.91 Å². The third-order valence-corrected chi connectivity index (χ3v) is 4.73. The Kier molecular flexibility index (Phi) is 5.92. The van der Waals surface area contributed by atoms with E-state index in [-0.39, 0.29) is 30.2 Å². The number of nitro benzene ring substituents is 1. The van der Waals surface area contributed by atoms with E-state index < -0.39 is 16.8 Å². The van der Waals surface area contributed by atoms with Crippen molar-refractivity contribution in [3.05, 3.63) is 81.0 Å². The van der Waals surface area contributed by atoms with Crippen LogP contribution in [-0.4, -0.2) is 23.9 Å². The van der Waals surface area contributed by atoms with E-state index in [1.165, 1.54) is 6.07 Å². The first kappa shape index (κ1) is 20.1. The molecule has 0 saturated carbocycles. The zero-order valence-corrected chi connectivity index (χ0v) is 16.0. The molecule has 0 bridgehead atoms. The van der Waals surface area contributed by atoms with Crippen molar-refractivity contribution < 1.29 is 24.0 Å². The maximum Gasteiger partial charge on any atom is 0.336 e. The molecule has 150 valence electrons. The number of amides is 1. The van der Waals surface area contributed by atoms with Crippen LogP contribution in [0.3, 0.4) is 0 Å². The lowest BCUT2D eigenvalue weighted by Crippen LogP contribution is -2.34. The number of nitrogens with one attached hydrogen (secondary N) is 1. The van der Waals surface area contributed by atoms with Gasteiger partial charge in [0.25, 0.3) is 5.69 Å². The molecule has 0 aliphatic carbocycles. The first-order valence-corrected chi connectivity index (χ1v) is 8.94. The predicted octanol–water partition coefficient (Wildman–Crippen LogP) is 3.22. The van der Waals surface area contributed by atoms with Gasteiger partial charge in [0, 0.05) is 29.7 Å². The molecule has 8 nitrogen and oxygen atoms in total. The Labute approximate surface area is 167 Å². The molecule has 0 saturated heterocycles. The Hall–Kier alpha value is -3.68. The summed E-state index contributed by atoms with van der Waals surface area (Å²) < 4.78 is 10.5. The van der Waals surface area contributed by atoms with Crippen LogP contribution in [0.25, 0.3) is 0 Å². The number of rotatable bonds is 6. The summed E-state index contributed by atoms with van der Waals surface area (Å²) in [6.07, 6.45) is -0.0742. The number of nitro groups is 1. The van der Waals surface area contributed by atoms with Crippen LogP contribution in [0.15, 0.2) is 59.8 Å². The summed E-state index contributed by atoms with van der Waals surface area (Å²) in [4.78, 5) is 35.8. The third kappa shape index (κ3) is 4.43. The maximum absolute atomic E-state index is 12.9. The summed E-state index contributed by atoms with van der Waals surface area (Å²) in [5.41, 5.74) is 1.49. The van der Waals surface area contributed by atoms with Crippen LogP contribution in [0.1, 0.15) is 30.4 Å². The van der Waals surface area contributed by atoms with Gasteiger partial charge < -0.3 is 14.8 Å². The van der Waals surface area contributed by atoms with Crippen LogP contribution in [0.5, 0.6) is 5.75 Å². The highest BCUT2D eigenvalue weighted by Crippen LogP contribution is 2.38. The molecule has 1 amide bonds. The number of methoxy groups -OCH3 is 1. The van der Waals surface area contributed by atoms with Gasteiger partial charge in [0.05, 0.1) is 17.6 Å². The number of allylic oxidation sites excluding steroid dienone is 1. The van der Waals surface area contributed by atoms with Crippen LogP contribution in [0.2, 0.25) is 0 Å². The van der Waals surface area contributed by atoms with E-state index in [9.17, 15) is 19.7 Å². The molecule has 1 heterocycles. The van der Waals surface area contributed by atoms with Gasteiger partial charge in [-0.2, -0.15) is 0 Å². The van der Waals surface area contributed by atoms with E-state index in [2.05, 4.69) is 5.32 Å². The second kappa shape index (κ2) is 8.55.